The van der Waals surface area contributed by atoms with E-state index < -0.39 is 0 Å². The van der Waals surface area contributed by atoms with Gasteiger partial charge in [-0.2, -0.15) is 0 Å². The zero-order chi connectivity index (χ0) is 21.6. The number of para-hydroxylation sites is 1. The Balaban J connectivity index is 0.00000289. The first kappa shape index (κ1) is 24.3. The molecule has 2 aliphatic heterocycles. The second-order valence-corrected chi connectivity index (χ2v) is 8.51. The first-order valence-electron chi connectivity index (χ1n) is 11.5. The molecule has 172 valence electrons. The number of aryl methyl sites for hydroxylation is 2. The van der Waals surface area contributed by atoms with Gasteiger partial charge in [-0.1, -0.05) is 18.2 Å². The molecule has 1 amide bonds. The molecule has 0 fully saturated rings. The number of halogens is 1. The van der Waals surface area contributed by atoms with E-state index in [1.54, 1.807) is 7.11 Å². The molecule has 0 saturated heterocycles. The number of methoxy groups -OCH3 is 1. The normalized spacial score (nSPS) is 14.2. The smallest absolute Gasteiger partial charge is 0.231 e. The average Bonchev–Trinajstić information content (AvgIpc) is 3.12. The van der Waals surface area contributed by atoms with Gasteiger partial charge in [0.15, 0.2) is 5.78 Å². The van der Waals surface area contributed by atoms with Crippen molar-refractivity contribution in [2.45, 2.75) is 51.4 Å². The molecule has 0 aliphatic carbocycles. The predicted octanol–water partition coefficient (Wildman–Crippen LogP) is 4.53. The van der Waals surface area contributed by atoms with Gasteiger partial charge in [0.25, 0.3) is 0 Å². The summed E-state index contributed by atoms with van der Waals surface area (Å²) in [5.74, 6) is 1.34. The van der Waals surface area contributed by atoms with E-state index in [4.69, 9.17) is 4.74 Å². The third kappa shape index (κ3) is 5.51. The van der Waals surface area contributed by atoms with Crippen LogP contribution in [0.3, 0.4) is 0 Å². The van der Waals surface area contributed by atoms with Crippen LogP contribution >= 0.6 is 12.4 Å². The lowest BCUT2D eigenvalue weighted by atomic mass is 9.94. The van der Waals surface area contributed by atoms with Crippen LogP contribution in [-0.4, -0.2) is 38.4 Å². The third-order valence-electron chi connectivity index (χ3n) is 6.33. The Kier molecular flexibility index (Phi) is 8.71. The number of carbonyl (C=O) groups is 2. The van der Waals surface area contributed by atoms with Crippen molar-refractivity contribution in [2.24, 2.45) is 0 Å². The minimum absolute atomic E-state index is 0. The minimum Gasteiger partial charge on any atom is -0.496 e. The van der Waals surface area contributed by atoms with E-state index in [0.29, 0.717) is 12.8 Å². The van der Waals surface area contributed by atoms with E-state index in [9.17, 15) is 9.59 Å². The molecule has 0 spiro atoms. The van der Waals surface area contributed by atoms with Crippen molar-refractivity contribution in [1.29, 1.82) is 0 Å². The number of Topliss-reactive ketones (excluding diaryl/α,β-unsaturated/α-hetero) is 1. The molecule has 2 aliphatic rings. The Bertz CT molecular complexity index is 960. The molecule has 6 heteroatoms. The van der Waals surface area contributed by atoms with Crippen LogP contribution in [0.5, 0.6) is 5.75 Å². The second-order valence-electron chi connectivity index (χ2n) is 8.51. The first-order chi connectivity index (χ1) is 15.2. The van der Waals surface area contributed by atoms with E-state index in [2.05, 4.69) is 11.4 Å². The Labute approximate surface area is 196 Å². The van der Waals surface area contributed by atoms with Crippen molar-refractivity contribution in [2.75, 3.05) is 31.6 Å². The summed E-state index contributed by atoms with van der Waals surface area (Å²) < 4.78 is 5.40. The molecular weight excluding hydrogens is 424 g/mol. The SMILES string of the molecule is COc1ccccc1CCCNCCCCC(=O)c1cc2c3c(c1)CC(=O)N3CCC2.Cl. The summed E-state index contributed by atoms with van der Waals surface area (Å²) in [5, 5.41) is 3.48. The summed E-state index contributed by atoms with van der Waals surface area (Å²) in [4.78, 5) is 26.8. The van der Waals surface area contributed by atoms with Gasteiger partial charge in [-0.3, -0.25) is 9.59 Å². The van der Waals surface area contributed by atoms with E-state index >= 15 is 0 Å². The molecule has 5 nitrogen and oxygen atoms in total. The third-order valence-corrected chi connectivity index (χ3v) is 6.33. The molecule has 2 aromatic carbocycles. The fraction of sp³-hybridized carbons (Fsp3) is 0.462. The monoisotopic (exact) mass is 456 g/mol. The van der Waals surface area contributed by atoms with Crippen molar-refractivity contribution >= 4 is 29.8 Å². The van der Waals surface area contributed by atoms with Gasteiger partial charge in [0, 0.05) is 18.5 Å². The van der Waals surface area contributed by atoms with Gasteiger partial charge in [0.1, 0.15) is 5.75 Å². The Morgan fingerprint density at radius 1 is 1.09 bits per heavy atom. The van der Waals surface area contributed by atoms with Crippen LogP contribution in [0, 0.1) is 0 Å². The van der Waals surface area contributed by atoms with E-state index in [0.717, 1.165) is 80.7 Å². The Morgan fingerprint density at radius 3 is 2.72 bits per heavy atom. The van der Waals surface area contributed by atoms with Crippen LogP contribution < -0.4 is 15.0 Å². The molecule has 1 N–H and O–H groups in total. The summed E-state index contributed by atoms with van der Waals surface area (Å²) in [7, 11) is 1.71. The lowest BCUT2D eigenvalue weighted by Crippen LogP contribution is -2.31. The molecule has 2 heterocycles. The number of benzene rings is 2. The molecule has 0 saturated carbocycles. The zero-order valence-corrected chi connectivity index (χ0v) is 19.6. The van der Waals surface area contributed by atoms with Gasteiger partial charge < -0.3 is 15.0 Å². The highest BCUT2D eigenvalue weighted by atomic mass is 35.5. The largest absolute Gasteiger partial charge is 0.496 e. The van der Waals surface area contributed by atoms with Gasteiger partial charge in [0.05, 0.1) is 19.2 Å². The fourth-order valence-electron chi connectivity index (χ4n) is 4.76. The number of ether oxygens (including phenoxy) is 1. The molecule has 2 aromatic rings. The number of nitrogens with zero attached hydrogens (tertiary/aromatic N) is 1. The molecule has 0 bridgehead atoms. The van der Waals surface area contributed by atoms with Crippen LogP contribution in [0.4, 0.5) is 5.69 Å². The topological polar surface area (TPSA) is 58.6 Å². The molecular formula is C26H33ClN2O3. The molecule has 0 aromatic heterocycles. The Morgan fingerprint density at radius 2 is 1.88 bits per heavy atom. The highest BCUT2D eigenvalue weighted by Gasteiger charge is 2.32. The second kappa shape index (κ2) is 11.5. The van der Waals surface area contributed by atoms with Crippen LogP contribution in [0.1, 0.15) is 59.2 Å². The molecule has 0 atom stereocenters. The molecule has 0 unspecified atom stereocenters. The predicted molar refractivity (Wildman–Crippen MR) is 130 cm³/mol. The van der Waals surface area contributed by atoms with Gasteiger partial charge in [-0.15, -0.1) is 12.4 Å². The van der Waals surface area contributed by atoms with E-state index in [1.807, 2.05) is 35.2 Å². The lowest BCUT2D eigenvalue weighted by Gasteiger charge is -2.25. The summed E-state index contributed by atoms with van der Waals surface area (Å²) in [6.45, 7) is 2.71. The maximum absolute atomic E-state index is 12.7. The number of carbonyl (C=O) groups excluding carboxylic acids is 2. The number of unbranched alkanes of at least 4 members (excludes halogenated alkanes) is 1. The summed E-state index contributed by atoms with van der Waals surface area (Å²) in [6, 6.07) is 12.2. The number of anilines is 1. The van der Waals surface area contributed by atoms with E-state index in [1.165, 1.54) is 11.1 Å². The molecule has 4 rings (SSSR count). The maximum Gasteiger partial charge on any atom is 0.231 e. The highest BCUT2D eigenvalue weighted by molar-refractivity contribution is 6.05. The van der Waals surface area contributed by atoms with Crippen molar-refractivity contribution in [3.8, 4) is 5.75 Å². The van der Waals surface area contributed by atoms with Crippen LogP contribution in [0.25, 0.3) is 0 Å². The van der Waals surface area contributed by atoms with E-state index in [-0.39, 0.29) is 24.1 Å². The van der Waals surface area contributed by atoms with Crippen molar-refractivity contribution in [3.63, 3.8) is 0 Å². The lowest BCUT2D eigenvalue weighted by molar-refractivity contribution is -0.117. The van der Waals surface area contributed by atoms with Crippen LogP contribution in [-0.2, 0) is 24.1 Å². The van der Waals surface area contributed by atoms with Crippen LogP contribution in [0.2, 0.25) is 0 Å². The Hall–Kier alpha value is -2.37. The average molecular weight is 457 g/mol. The summed E-state index contributed by atoms with van der Waals surface area (Å²) in [5.41, 5.74) is 5.34. The number of hydrogen-bond acceptors (Lipinski definition) is 4. The zero-order valence-electron chi connectivity index (χ0n) is 18.8. The number of ketones is 1. The standard InChI is InChI=1S/C26H32N2O3.ClH/c1-31-24-12-3-2-8-19(24)9-6-14-27-13-5-4-11-23(29)21-16-20-10-7-15-28-25(30)18-22(17-21)26(20)28;/h2-3,8,12,16-17,27H,4-7,9-11,13-15,18H2,1H3;1H. The number of amides is 1. The van der Waals surface area contributed by atoms with Crippen molar-refractivity contribution in [3.05, 3.63) is 58.7 Å². The fourth-order valence-corrected chi connectivity index (χ4v) is 4.76. The van der Waals surface area contributed by atoms with Gasteiger partial charge in [-0.25, -0.2) is 0 Å². The number of nitrogens with one attached hydrogen (secondary N) is 1. The summed E-state index contributed by atoms with van der Waals surface area (Å²) >= 11 is 0. The van der Waals surface area contributed by atoms with Gasteiger partial charge in [-0.05, 0) is 86.5 Å². The van der Waals surface area contributed by atoms with Gasteiger partial charge in [0.2, 0.25) is 5.91 Å². The first-order valence-corrected chi connectivity index (χ1v) is 11.5. The quantitative estimate of drug-likeness (QED) is 0.398. The highest BCUT2D eigenvalue weighted by Crippen LogP contribution is 2.37. The number of hydrogen-bond donors (Lipinski definition) is 1. The minimum atomic E-state index is 0. The number of rotatable bonds is 11. The maximum atomic E-state index is 12.7. The summed E-state index contributed by atoms with van der Waals surface area (Å²) in [6.07, 6.45) is 6.90. The van der Waals surface area contributed by atoms with Crippen molar-refractivity contribution in [1.82, 2.24) is 5.32 Å². The van der Waals surface area contributed by atoms with Gasteiger partial charge >= 0.3 is 0 Å². The van der Waals surface area contributed by atoms with Crippen LogP contribution in [0.15, 0.2) is 36.4 Å². The molecule has 0 radical (unpaired) electrons. The van der Waals surface area contributed by atoms with Crippen molar-refractivity contribution < 1.29 is 14.3 Å². The molecule has 32 heavy (non-hydrogen) atoms.